The van der Waals surface area contributed by atoms with Gasteiger partial charge < -0.3 is 4.42 Å². The number of oxazole rings is 1. The largest absolute Gasteiger partial charge is 0.436 e. The Hall–Kier alpha value is -2.95. The Morgan fingerprint density at radius 3 is 2.74 bits per heavy atom. The van der Waals surface area contributed by atoms with Crippen LogP contribution in [-0.2, 0) is 4.79 Å². The Morgan fingerprint density at radius 2 is 1.96 bits per heavy atom. The summed E-state index contributed by atoms with van der Waals surface area (Å²) in [5.74, 6) is 0.635. The maximum atomic E-state index is 11.4. The van der Waals surface area contributed by atoms with Crippen molar-refractivity contribution in [2.24, 2.45) is 11.0 Å². The number of aromatic nitrogens is 1. The van der Waals surface area contributed by atoms with Gasteiger partial charge in [-0.3, -0.25) is 4.79 Å². The van der Waals surface area contributed by atoms with Crippen LogP contribution in [0.1, 0.15) is 18.9 Å². The highest BCUT2D eigenvalue weighted by molar-refractivity contribution is 6.07. The van der Waals surface area contributed by atoms with Crippen LogP contribution in [0.4, 0.5) is 0 Å². The molecule has 0 spiro atoms. The summed E-state index contributed by atoms with van der Waals surface area (Å²) < 4.78 is 5.89. The minimum atomic E-state index is -0.0478. The van der Waals surface area contributed by atoms with Crippen molar-refractivity contribution in [2.45, 2.75) is 13.3 Å². The molecule has 2 aromatic carbocycles. The van der Waals surface area contributed by atoms with Crippen LogP contribution in [0, 0.1) is 5.92 Å². The molecular formula is C18H15N3O2. The van der Waals surface area contributed by atoms with Crippen molar-refractivity contribution in [1.29, 1.82) is 0 Å². The number of hydrazone groups is 1. The first kappa shape index (κ1) is 13.7. The third kappa shape index (κ3) is 2.50. The molecule has 0 fully saturated rings. The molecule has 0 saturated heterocycles. The first-order chi connectivity index (χ1) is 11.2. The number of benzene rings is 2. The summed E-state index contributed by atoms with van der Waals surface area (Å²) in [4.78, 5) is 15.9. The summed E-state index contributed by atoms with van der Waals surface area (Å²) in [6, 6.07) is 15.6. The van der Waals surface area contributed by atoms with Crippen LogP contribution in [0.5, 0.6) is 0 Å². The van der Waals surface area contributed by atoms with Crippen LogP contribution in [0.25, 0.3) is 22.6 Å². The number of fused-ring (bicyclic) bond motifs is 1. The van der Waals surface area contributed by atoms with E-state index in [1.165, 1.54) is 0 Å². The summed E-state index contributed by atoms with van der Waals surface area (Å²) in [6.07, 6.45) is 0.447. The van der Waals surface area contributed by atoms with Gasteiger partial charge in [0.15, 0.2) is 5.58 Å². The summed E-state index contributed by atoms with van der Waals surface area (Å²) in [5, 5.41) is 4.19. The number of carbonyl (C=O) groups excluding carboxylic acids is 1. The molecule has 0 radical (unpaired) electrons. The van der Waals surface area contributed by atoms with Crippen LogP contribution in [0.3, 0.4) is 0 Å². The lowest BCUT2D eigenvalue weighted by Gasteiger charge is -2.18. The molecule has 0 unspecified atom stereocenters. The second-order valence-corrected chi connectivity index (χ2v) is 5.70. The summed E-state index contributed by atoms with van der Waals surface area (Å²) in [6.45, 7) is 2.00. The second-order valence-electron chi connectivity index (χ2n) is 5.70. The number of hydrogen-bond acceptors (Lipinski definition) is 4. The van der Waals surface area contributed by atoms with Crippen LogP contribution in [0.2, 0.25) is 0 Å². The van der Waals surface area contributed by atoms with Gasteiger partial charge in [0, 0.05) is 23.5 Å². The van der Waals surface area contributed by atoms with Crippen molar-refractivity contribution in [2.75, 3.05) is 0 Å². The minimum Gasteiger partial charge on any atom is -0.436 e. The number of nitrogens with one attached hydrogen (secondary N) is 1. The van der Waals surface area contributed by atoms with Gasteiger partial charge >= 0.3 is 0 Å². The molecule has 2 heterocycles. The van der Waals surface area contributed by atoms with E-state index in [1.54, 1.807) is 0 Å². The summed E-state index contributed by atoms with van der Waals surface area (Å²) in [5.41, 5.74) is 6.82. The monoisotopic (exact) mass is 305 g/mol. The van der Waals surface area contributed by atoms with E-state index in [9.17, 15) is 4.79 Å². The van der Waals surface area contributed by atoms with Gasteiger partial charge in [-0.2, -0.15) is 5.10 Å². The molecule has 5 nitrogen and oxygen atoms in total. The van der Waals surface area contributed by atoms with Crippen molar-refractivity contribution in [3.8, 4) is 11.5 Å². The predicted molar refractivity (Wildman–Crippen MR) is 87.9 cm³/mol. The fourth-order valence-corrected chi connectivity index (χ4v) is 2.79. The molecule has 114 valence electrons. The number of nitrogens with zero attached hydrogens (tertiary/aromatic N) is 2. The number of amides is 1. The molecule has 1 aliphatic rings. The highest BCUT2D eigenvalue weighted by Gasteiger charge is 2.22. The molecular weight excluding hydrogens is 290 g/mol. The number of carbonyl (C=O) groups is 1. The topological polar surface area (TPSA) is 67.5 Å². The molecule has 3 aromatic rings. The number of rotatable bonds is 2. The van der Waals surface area contributed by atoms with Crippen molar-refractivity contribution in [3.05, 3.63) is 54.1 Å². The maximum Gasteiger partial charge on any atom is 0.240 e. The lowest BCUT2D eigenvalue weighted by molar-refractivity contribution is -0.121. The summed E-state index contributed by atoms with van der Waals surface area (Å²) in [7, 11) is 0. The maximum absolute atomic E-state index is 11.4. The standard InChI is InChI=1S/C18H15N3O2/c1-11-9-16(22)20-21-17(11)13-7-8-14-15(10-13)23-18(19-14)12-5-3-2-4-6-12/h2-8,10-11H,9H2,1H3,(H,20,22)/t11-/m1/s1. The van der Waals surface area contributed by atoms with E-state index < -0.39 is 0 Å². The molecule has 1 N–H and O–H groups in total. The van der Waals surface area contributed by atoms with Gasteiger partial charge in [0.1, 0.15) is 5.52 Å². The molecule has 1 aliphatic heterocycles. The van der Waals surface area contributed by atoms with E-state index in [0.717, 1.165) is 22.4 Å². The molecule has 4 rings (SSSR count). The smallest absolute Gasteiger partial charge is 0.240 e. The van der Waals surface area contributed by atoms with Crippen LogP contribution < -0.4 is 5.43 Å². The van der Waals surface area contributed by atoms with E-state index >= 15 is 0 Å². The zero-order valence-corrected chi connectivity index (χ0v) is 12.6. The fourth-order valence-electron chi connectivity index (χ4n) is 2.79. The predicted octanol–water partition coefficient (Wildman–Crippen LogP) is 3.35. The van der Waals surface area contributed by atoms with Crippen molar-refractivity contribution in [1.82, 2.24) is 10.4 Å². The van der Waals surface area contributed by atoms with Gasteiger partial charge in [0.25, 0.3) is 0 Å². The Bertz CT molecular complexity index is 912. The van der Waals surface area contributed by atoms with Gasteiger partial charge in [-0.25, -0.2) is 10.4 Å². The van der Waals surface area contributed by atoms with Crippen LogP contribution in [0.15, 0.2) is 58.0 Å². The Kier molecular flexibility index (Phi) is 3.19. The second kappa shape index (κ2) is 5.35. The molecule has 1 atom stereocenters. The highest BCUT2D eigenvalue weighted by atomic mass is 16.3. The van der Waals surface area contributed by atoms with Gasteiger partial charge in [0.05, 0.1) is 5.71 Å². The van der Waals surface area contributed by atoms with E-state index in [2.05, 4.69) is 15.5 Å². The third-order valence-electron chi connectivity index (χ3n) is 3.96. The fraction of sp³-hybridized carbons (Fsp3) is 0.167. The average molecular weight is 305 g/mol. The summed E-state index contributed by atoms with van der Waals surface area (Å²) >= 11 is 0. The van der Waals surface area contributed by atoms with Crippen molar-refractivity contribution in [3.63, 3.8) is 0 Å². The minimum absolute atomic E-state index is 0.0478. The van der Waals surface area contributed by atoms with E-state index in [4.69, 9.17) is 4.42 Å². The molecule has 5 heteroatoms. The van der Waals surface area contributed by atoms with Gasteiger partial charge in [0.2, 0.25) is 11.8 Å². The molecule has 0 saturated carbocycles. The lowest BCUT2D eigenvalue weighted by Crippen LogP contribution is -2.31. The van der Waals surface area contributed by atoms with Crippen molar-refractivity contribution < 1.29 is 9.21 Å². The third-order valence-corrected chi connectivity index (χ3v) is 3.96. The normalized spacial score (nSPS) is 17.9. The lowest BCUT2D eigenvalue weighted by atomic mass is 9.94. The first-order valence-corrected chi connectivity index (χ1v) is 7.53. The first-order valence-electron chi connectivity index (χ1n) is 7.53. The van der Waals surface area contributed by atoms with E-state index in [0.29, 0.717) is 17.9 Å². The zero-order chi connectivity index (χ0) is 15.8. The Balaban J connectivity index is 1.75. The van der Waals surface area contributed by atoms with Crippen molar-refractivity contribution >= 4 is 22.7 Å². The molecule has 1 aromatic heterocycles. The van der Waals surface area contributed by atoms with Gasteiger partial charge in [-0.1, -0.05) is 31.2 Å². The number of hydrogen-bond donors (Lipinski definition) is 1. The molecule has 0 aliphatic carbocycles. The van der Waals surface area contributed by atoms with E-state index in [-0.39, 0.29) is 11.8 Å². The van der Waals surface area contributed by atoms with Crippen LogP contribution >= 0.6 is 0 Å². The quantitative estimate of drug-likeness (QED) is 0.789. The van der Waals surface area contributed by atoms with Gasteiger partial charge in [-0.15, -0.1) is 0 Å². The highest BCUT2D eigenvalue weighted by Crippen LogP contribution is 2.26. The molecule has 1 amide bonds. The zero-order valence-electron chi connectivity index (χ0n) is 12.6. The van der Waals surface area contributed by atoms with E-state index in [1.807, 2.05) is 55.5 Å². The molecule has 23 heavy (non-hydrogen) atoms. The average Bonchev–Trinajstić information content (AvgIpc) is 2.99. The van der Waals surface area contributed by atoms with Crippen LogP contribution in [-0.4, -0.2) is 16.6 Å². The SMILES string of the molecule is C[C@@H]1CC(=O)NN=C1c1ccc2nc(-c3ccccc3)oc2c1. The Labute approximate surface area is 133 Å². The molecule has 0 bridgehead atoms. The van der Waals surface area contributed by atoms with Gasteiger partial charge in [-0.05, 0) is 24.3 Å². The Morgan fingerprint density at radius 1 is 1.13 bits per heavy atom.